The fourth-order valence-corrected chi connectivity index (χ4v) is 1.86. The molecule has 78 valence electrons. The summed E-state index contributed by atoms with van der Waals surface area (Å²) in [5.74, 6) is 0. The van der Waals surface area contributed by atoms with Crippen LogP contribution in [0.25, 0.3) is 0 Å². The summed E-state index contributed by atoms with van der Waals surface area (Å²) in [6.45, 7) is 4.41. The van der Waals surface area contributed by atoms with Crippen molar-refractivity contribution in [3.63, 3.8) is 0 Å². The fraction of sp³-hybridized carbons (Fsp3) is 1.00. The molecule has 0 aromatic rings. The zero-order valence-electron chi connectivity index (χ0n) is 8.88. The van der Waals surface area contributed by atoms with E-state index in [-0.39, 0.29) is 0 Å². The number of hydrogen-bond donors (Lipinski definition) is 1. The average molecular weight is 186 g/mol. The number of hydrogen-bond acceptors (Lipinski definition) is 3. The molecule has 3 nitrogen and oxygen atoms in total. The first kappa shape index (κ1) is 11.0. The van der Waals surface area contributed by atoms with Crippen LogP contribution in [0, 0.1) is 0 Å². The van der Waals surface area contributed by atoms with Gasteiger partial charge in [-0.15, -0.1) is 0 Å². The lowest BCUT2D eigenvalue weighted by Crippen LogP contribution is -2.35. The maximum atomic E-state index is 5.02. The van der Waals surface area contributed by atoms with Gasteiger partial charge in [-0.3, -0.25) is 0 Å². The molecule has 1 heterocycles. The minimum Gasteiger partial charge on any atom is -0.385 e. The molecule has 1 fully saturated rings. The number of nitrogens with one attached hydrogen (secondary N) is 1. The molecule has 0 bridgehead atoms. The van der Waals surface area contributed by atoms with Crippen LogP contribution in [0.4, 0.5) is 0 Å². The van der Waals surface area contributed by atoms with E-state index in [1.54, 1.807) is 7.11 Å². The Balaban J connectivity index is 1.99. The van der Waals surface area contributed by atoms with Crippen molar-refractivity contribution in [3.8, 4) is 0 Å². The molecule has 0 spiro atoms. The van der Waals surface area contributed by atoms with E-state index < -0.39 is 0 Å². The van der Waals surface area contributed by atoms with Crippen LogP contribution in [0.3, 0.4) is 0 Å². The second kappa shape index (κ2) is 6.35. The number of likely N-dealkylation sites (N-methyl/N-ethyl adjacent to an activating group) is 1. The summed E-state index contributed by atoms with van der Waals surface area (Å²) in [6, 6.07) is 0.729. The Bertz CT molecular complexity index is 124. The lowest BCUT2D eigenvalue weighted by atomic mass is 10.2. The number of methoxy groups -OCH3 is 1. The van der Waals surface area contributed by atoms with Crippen LogP contribution >= 0.6 is 0 Å². The van der Waals surface area contributed by atoms with E-state index in [1.807, 2.05) is 0 Å². The van der Waals surface area contributed by atoms with Crippen LogP contribution in [-0.2, 0) is 4.74 Å². The average Bonchev–Trinajstić information content (AvgIpc) is 2.57. The third kappa shape index (κ3) is 4.60. The molecule has 1 atom stereocenters. The minimum absolute atomic E-state index is 0.729. The van der Waals surface area contributed by atoms with Gasteiger partial charge in [0.25, 0.3) is 0 Å². The molecule has 1 aliphatic heterocycles. The third-order valence-corrected chi connectivity index (χ3v) is 2.58. The Morgan fingerprint density at radius 3 is 3.00 bits per heavy atom. The summed E-state index contributed by atoms with van der Waals surface area (Å²) in [7, 11) is 3.95. The van der Waals surface area contributed by atoms with Crippen molar-refractivity contribution >= 4 is 0 Å². The van der Waals surface area contributed by atoms with Crippen LogP contribution in [0.5, 0.6) is 0 Å². The third-order valence-electron chi connectivity index (χ3n) is 2.58. The Morgan fingerprint density at radius 2 is 2.38 bits per heavy atom. The van der Waals surface area contributed by atoms with Gasteiger partial charge < -0.3 is 15.0 Å². The molecular formula is C10H22N2O. The molecule has 0 unspecified atom stereocenters. The highest BCUT2D eigenvalue weighted by Gasteiger charge is 2.15. The lowest BCUT2D eigenvalue weighted by Gasteiger charge is -2.20. The van der Waals surface area contributed by atoms with Gasteiger partial charge in [0.15, 0.2) is 0 Å². The number of nitrogens with zero attached hydrogens (tertiary/aromatic N) is 1. The van der Waals surface area contributed by atoms with Crippen molar-refractivity contribution in [2.24, 2.45) is 0 Å². The lowest BCUT2D eigenvalue weighted by molar-refractivity contribution is 0.177. The number of ether oxygens (including phenoxy) is 1. The Hall–Kier alpha value is -0.120. The van der Waals surface area contributed by atoms with Crippen molar-refractivity contribution in [1.29, 1.82) is 0 Å². The molecule has 0 radical (unpaired) electrons. The van der Waals surface area contributed by atoms with Crippen LogP contribution < -0.4 is 5.32 Å². The van der Waals surface area contributed by atoms with Gasteiger partial charge in [-0.05, 0) is 32.9 Å². The van der Waals surface area contributed by atoms with Crippen molar-refractivity contribution in [2.75, 3.05) is 40.4 Å². The van der Waals surface area contributed by atoms with Gasteiger partial charge >= 0.3 is 0 Å². The zero-order chi connectivity index (χ0) is 9.52. The normalized spacial score (nSPS) is 22.8. The Labute approximate surface area is 81.4 Å². The van der Waals surface area contributed by atoms with E-state index in [9.17, 15) is 0 Å². The van der Waals surface area contributed by atoms with Gasteiger partial charge in [-0.25, -0.2) is 0 Å². The first-order chi connectivity index (χ1) is 6.33. The molecular weight excluding hydrogens is 164 g/mol. The van der Waals surface area contributed by atoms with Crippen LogP contribution in [0.15, 0.2) is 0 Å². The van der Waals surface area contributed by atoms with Gasteiger partial charge in [0, 0.05) is 32.8 Å². The number of rotatable bonds is 6. The minimum atomic E-state index is 0.729. The molecule has 0 aromatic heterocycles. The standard InChI is InChI=1S/C10H22N2O/c1-12(7-4-8-13-2)9-10-5-3-6-11-10/h10-11H,3-9H2,1-2H3/t10-/m1/s1. The van der Waals surface area contributed by atoms with E-state index in [0.717, 1.165) is 25.6 Å². The molecule has 0 saturated carbocycles. The van der Waals surface area contributed by atoms with Crippen molar-refractivity contribution in [3.05, 3.63) is 0 Å². The predicted molar refractivity (Wildman–Crippen MR) is 55.0 cm³/mol. The maximum Gasteiger partial charge on any atom is 0.0474 e. The molecule has 0 aliphatic carbocycles. The summed E-state index contributed by atoms with van der Waals surface area (Å²) >= 11 is 0. The first-order valence-corrected chi connectivity index (χ1v) is 5.24. The Morgan fingerprint density at radius 1 is 1.54 bits per heavy atom. The summed E-state index contributed by atoms with van der Waals surface area (Å²) in [6.07, 6.45) is 3.82. The van der Waals surface area contributed by atoms with E-state index in [0.29, 0.717) is 0 Å². The van der Waals surface area contributed by atoms with Crippen molar-refractivity contribution in [1.82, 2.24) is 10.2 Å². The molecule has 0 aromatic carbocycles. The predicted octanol–water partition coefficient (Wildman–Crippen LogP) is 0.707. The van der Waals surface area contributed by atoms with Crippen molar-refractivity contribution < 1.29 is 4.74 Å². The van der Waals surface area contributed by atoms with E-state index in [1.165, 1.54) is 25.9 Å². The smallest absolute Gasteiger partial charge is 0.0474 e. The topological polar surface area (TPSA) is 24.5 Å². The summed E-state index contributed by atoms with van der Waals surface area (Å²) in [4.78, 5) is 2.39. The molecule has 13 heavy (non-hydrogen) atoms. The SMILES string of the molecule is COCCCN(C)C[C@H]1CCCN1. The van der Waals surface area contributed by atoms with Gasteiger partial charge in [0.2, 0.25) is 0 Å². The summed E-state index contributed by atoms with van der Waals surface area (Å²) < 4.78 is 5.02. The summed E-state index contributed by atoms with van der Waals surface area (Å²) in [5, 5.41) is 3.50. The molecule has 0 amide bonds. The second-order valence-corrected chi connectivity index (χ2v) is 3.90. The first-order valence-electron chi connectivity index (χ1n) is 5.24. The molecule has 1 aliphatic rings. The molecule has 3 heteroatoms. The Kier molecular flexibility index (Phi) is 5.35. The van der Waals surface area contributed by atoms with Gasteiger partial charge in [-0.2, -0.15) is 0 Å². The summed E-state index contributed by atoms with van der Waals surface area (Å²) in [5.41, 5.74) is 0. The molecule has 1 rings (SSSR count). The zero-order valence-corrected chi connectivity index (χ0v) is 8.88. The van der Waals surface area contributed by atoms with Gasteiger partial charge in [0.1, 0.15) is 0 Å². The monoisotopic (exact) mass is 186 g/mol. The van der Waals surface area contributed by atoms with Gasteiger partial charge in [0.05, 0.1) is 0 Å². The largest absolute Gasteiger partial charge is 0.385 e. The molecule has 1 N–H and O–H groups in total. The molecule has 1 saturated heterocycles. The van der Waals surface area contributed by atoms with Gasteiger partial charge in [-0.1, -0.05) is 0 Å². The highest BCUT2D eigenvalue weighted by Crippen LogP contribution is 2.05. The van der Waals surface area contributed by atoms with Crippen LogP contribution in [-0.4, -0.2) is 51.3 Å². The van der Waals surface area contributed by atoms with E-state index >= 15 is 0 Å². The second-order valence-electron chi connectivity index (χ2n) is 3.90. The van der Waals surface area contributed by atoms with E-state index in [4.69, 9.17) is 4.74 Å². The van der Waals surface area contributed by atoms with Crippen LogP contribution in [0.1, 0.15) is 19.3 Å². The van der Waals surface area contributed by atoms with Crippen molar-refractivity contribution in [2.45, 2.75) is 25.3 Å². The highest BCUT2D eigenvalue weighted by atomic mass is 16.5. The fourth-order valence-electron chi connectivity index (χ4n) is 1.86. The van der Waals surface area contributed by atoms with E-state index in [2.05, 4.69) is 17.3 Å². The van der Waals surface area contributed by atoms with Crippen LogP contribution in [0.2, 0.25) is 0 Å². The quantitative estimate of drug-likeness (QED) is 0.618. The maximum absolute atomic E-state index is 5.02. The highest BCUT2D eigenvalue weighted by molar-refractivity contribution is 4.76.